The van der Waals surface area contributed by atoms with E-state index >= 15 is 0 Å². The van der Waals surface area contributed by atoms with Crippen LogP contribution < -0.4 is 5.32 Å². The van der Waals surface area contributed by atoms with E-state index in [1.54, 1.807) is 0 Å². The molecule has 0 rings (SSSR count). The van der Waals surface area contributed by atoms with Crippen molar-refractivity contribution in [3.63, 3.8) is 0 Å². The van der Waals surface area contributed by atoms with Crippen LogP contribution in [0.15, 0.2) is 0 Å². The van der Waals surface area contributed by atoms with Gasteiger partial charge in [0.05, 0.1) is 6.10 Å². The van der Waals surface area contributed by atoms with Crippen molar-refractivity contribution in [3.8, 4) is 0 Å². The van der Waals surface area contributed by atoms with Gasteiger partial charge in [0.2, 0.25) is 0 Å². The Morgan fingerprint density at radius 1 is 1.06 bits per heavy atom. The van der Waals surface area contributed by atoms with Crippen molar-refractivity contribution in [2.45, 2.75) is 65.9 Å². The summed E-state index contributed by atoms with van der Waals surface area (Å²) in [5, 5.41) is 3.45. The highest BCUT2D eigenvalue weighted by Gasteiger charge is 2.05. The first kappa shape index (κ1) is 15.9. The molecule has 0 saturated carbocycles. The highest BCUT2D eigenvalue weighted by Crippen LogP contribution is 2.06. The average Bonchev–Trinajstić information content (AvgIpc) is 2.26. The van der Waals surface area contributed by atoms with Gasteiger partial charge in [0.1, 0.15) is 0 Å². The third kappa shape index (κ3) is 10.4. The van der Waals surface area contributed by atoms with Crippen LogP contribution in [0.2, 0.25) is 0 Å². The monoisotopic (exact) mass is 229 g/mol. The van der Waals surface area contributed by atoms with Gasteiger partial charge in [0.15, 0.2) is 0 Å². The molecule has 0 amide bonds. The summed E-state index contributed by atoms with van der Waals surface area (Å²) in [5.41, 5.74) is 0. The van der Waals surface area contributed by atoms with E-state index in [4.69, 9.17) is 4.74 Å². The zero-order valence-electron chi connectivity index (χ0n) is 11.7. The smallest absolute Gasteiger partial charge is 0.0671 e. The predicted octanol–water partition coefficient (Wildman–Crippen LogP) is 3.61. The van der Waals surface area contributed by atoms with E-state index in [9.17, 15) is 0 Å². The largest absolute Gasteiger partial charge is 0.377 e. The molecule has 98 valence electrons. The lowest BCUT2D eigenvalue weighted by Gasteiger charge is -2.17. The van der Waals surface area contributed by atoms with E-state index in [0.29, 0.717) is 12.0 Å². The van der Waals surface area contributed by atoms with Crippen LogP contribution in [0.3, 0.4) is 0 Å². The molecule has 2 unspecified atom stereocenters. The summed E-state index contributed by atoms with van der Waals surface area (Å²) in [6.45, 7) is 11.9. The fraction of sp³-hybridized carbons (Fsp3) is 1.00. The van der Waals surface area contributed by atoms with Crippen LogP contribution in [0, 0.1) is 5.92 Å². The molecule has 2 heteroatoms. The van der Waals surface area contributed by atoms with E-state index in [1.807, 2.05) is 0 Å². The van der Waals surface area contributed by atoms with Crippen LogP contribution in [0.1, 0.15) is 59.8 Å². The average molecular weight is 229 g/mol. The van der Waals surface area contributed by atoms with E-state index in [1.165, 1.54) is 32.1 Å². The van der Waals surface area contributed by atoms with Gasteiger partial charge in [-0.2, -0.15) is 0 Å². The SMILES string of the molecule is CCCCCNCC(C)OCC(C)CCC. The minimum Gasteiger partial charge on any atom is -0.377 e. The van der Waals surface area contributed by atoms with E-state index in [2.05, 4.69) is 33.0 Å². The van der Waals surface area contributed by atoms with E-state index < -0.39 is 0 Å². The standard InChI is InChI=1S/C14H31NO/c1-5-7-8-10-15-11-14(4)16-12-13(3)9-6-2/h13-15H,5-12H2,1-4H3. The molecule has 2 nitrogen and oxygen atoms in total. The minimum absolute atomic E-state index is 0.348. The first-order chi connectivity index (χ1) is 7.70. The molecule has 0 aliphatic carbocycles. The Morgan fingerprint density at radius 2 is 1.81 bits per heavy atom. The van der Waals surface area contributed by atoms with Gasteiger partial charge >= 0.3 is 0 Å². The van der Waals surface area contributed by atoms with Crippen LogP contribution in [0.5, 0.6) is 0 Å². The molecule has 0 spiro atoms. The van der Waals surface area contributed by atoms with Gasteiger partial charge in [-0.25, -0.2) is 0 Å². The van der Waals surface area contributed by atoms with Gasteiger partial charge in [-0.3, -0.25) is 0 Å². The quantitative estimate of drug-likeness (QED) is 0.547. The maximum Gasteiger partial charge on any atom is 0.0671 e. The van der Waals surface area contributed by atoms with Crippen LogP contribution >= 0.6 is 0 Å². The molecule has 1 N–H and O–H groups in total. The van der Waals surface area contributed by atoms with Crippen molar-refractivity contribution in [1.29, 1.82) is 0 Å². The van der Waals surface area contributed by atoms with Crippen molar-refractivity contribution in [2.75, 3.05) is 19.7 Å². The molecule has 0 aliphatic rings. The maximum absolute atomic E-state index is 5.80. The normalized spacial score (nSPS) is 15.0. The van der Waals surface area contributed by atoms with Gasteiger partial charge in [0, 0.05) is 13.2 Å². The molecule has 2 atom stereocenters. The second kappa shape index (κ2) is 11.4. The molecule has 0 radical (unpaired) electrons. The Hall–Kier alpha value is -0.0800. The molecular formula is C14H31NO. The molecule has 0 saturated heterocycles. The van der Waals surface area contributed by atoms with Crippen molar-refractivity contribution in [2.24, 2.45) is 5.92 Å². The van der Waals surface area contributed by atoms with Crippen molar-refractivity contribution < 1.29 is 4.74 Å². The summed E-state index contributed by atoms with van der Waals surface area (Å²) in [4.78, 5) is 0. The lowest BCUT2D eigenvalue weighted by atomic mass is 10.1. The topological polar surface area (TPSA) is 21.3 Å². The highest BCUT2D eigenvalue weighted by molar-refractivity contribution is 4.57. The zero-order chi connectivity index (χ0) is 12.2. The van der Waals surface area contributed by atoms with Gasteiger partial charge in [-0.15, -0.1) is 0 Å². The summed E-state index contributed by atoms with van der Waals surface area (Å²) in [6, 6.07) is 0. The molecule has 0 aliphatic heterocycles. The maximum atomic E-state index is 5.80. The summed E-state index contributed by atoms with van der Waals surface area (Å²) in [5.74, 6) is 0.701. The van der Waals surface area contributed by atoms with Crippen molar-refractivity contribution in [1.82, 2.24) is 5.32 Å². The predicted molar refractivity (Wildman–Crippen MR) is 71.9 cm³/mol. The molecule has 0 aromatic carbocycles. The van der Waals surface area contributed by atoms with Crippen LogP contribution in [0.25, 0.3) is 0 Å². The van der Waals surface area contributed by atoms with Crippen molar-refractivity contribution >= 4 is 0 Å². The minimum atomic E-state index is 0.348. The van der Waals surface area contributed by atoms with Crippen LogP contribution in [0.4, 0.5) is 0 Å². The third-order valence-electron chi connectivity index (χ3n) is 2.84. The molecule has 0 aromatic rings. The molecule has 16 heavy (non-hydrogen) atoms. The van der Waals surface area contributed by atoms with Crippen LogP contribution in [-0.2, 0) is 4.74 Å². The number of ether oxygens (including phenoxy) is 1. The van der Waals surface area contributed by atoms with Gasteiger partial charge in [0.25, 0.3) is 0 Å². The van der Waals surface area contributed by atoms with Crippen LogP contribution in [-0.4, -0.2) is 25.8 Å². The van der Waals surface area contributed by atoms with E-state index in [0.717, 1.165) is 19.7 Å². The summed E-state index contributed by atoms with van der Waals surface area (Å²) in [7, 11) is 0. The lowest BCUT2D eigenvalue weighted by molar-refractivity contribution is 0.0423. The van der Waals surface area contributed by atoms with Gasteiger partial charge in [-0.1, -0.05) is 40.0 Å². The number of rotatable bonds is 11. The Labute approximate surface area is 102 Å². The van der Waals surface area contributed by atoms with Gasteiger partial charge in [-0.05, 0) is 32.2 Å². The first-order valence-corrected chi connectivity index (χ1v) is 7.03. The number of hydrogen-bond acceptors (Lipinski definition) is 2. The first-order valence-electron chi connectivity index (χ1n) is 7.03. The second-order valence-electron chi connectivity index (χ2n) is 4.95. The summed E-state index contributed by atoms with van der Waals surface area (Å²) < 4.78 is 5.80. The lowest BCUT2D eigenvalue weighted by Crippen LogP contribution is -2.28. The highest BCUT2D eigenvalue weighted by atomic mass is 16.5. The number of hydrogen-bond donors (Lipinski definition) is 1. The fourth-order valence-corrected chi connectivity index (χ4v) is 1.77. The Morgan fingerprint density at radius 3 is 2.44 bits per heavy atom. The fourth-order valence-electron chi connectivity index (χ4n) is 1.77. The Balaban J connectivity index is 3.27. The van der Waals surface area contributed by atoms with E-state index in [-0.39, 0.29) is 0 Å². The number of nitrogens with one attached hydrogen (secondary N) is 1. The molecule has 0 fully saturated rings. The van der Waals surface area contributed by atoms with Crippen molar-refractivity contribution in [3.05, 3.63) is 0 Å². The third-order valence-corrected chi connectivity index (χ3v) is 2.84. The summed E-state index contributed by atoms with van der Waals surface area (Å²) >= 11 is 0. The Kier molecular flexibility index (Phi) is 11.3. The second-order valence-corrected chi connectivity index (χ2v) is 4.95. The Bertz CT molecular complexity index is 139. The number of unbranched alkanes of at least 4 members (excludes halogenated alkanes) is 2. The molecule has 0 bridgehead atoms. The summed E-state index contributed by atoms with van der Waals surface area (Å²) in [6.07, 6.45) is 6.79. The molecular weight excluding hydrogens is 198 g/mol. The zero-order valence-corrected chi connectivity index (χ0v) is 11.7. The molecule has 0 aromatic heterocycles. The molecule has 0 heterocycles. The van der Waals surface area contributed by atoms with Gasteiger partial charge < -0.3 is 10.1 Å².